The monoisotopic (exact) mass is 160 g/mol. The van der Waals surface area contributed by atoms with Crippen molar-refractivity contribution in [2.45, 2.75) is 18.9 Å². The quantitative estimate of drug-likeness (QED) is 0.668. The molecule has 0 atom stereocenters. The molecule has 1 N–H and O–H groups in total. The summed E-state index contributed by atoms with van der Waals surface area (Å²) in [5.41, 5.74) is 2.59. The molecule has 0 bridgehead atoms. The first-order valence-corrected chi connectivity index (χ1v) is 4.27. The second-order valence-electron chi connectivity index (χ2n) is 3.28. The third-order valence-corrected chi connectivity index (χ3v) is 2.17. The molecule has 0 aliphatic heterocycles. The third-order valence-electron chi connectivity index (χ3n) is 2.17. The highest BCUT2D eigenvalue weighted by atomic mass is 16.3. The summed E-state index contributed by atoms with van der Waals surface area (Å²) in [6, 6.07) is 10.2. The van der Waals surface area contributed by atoms with E-state index in [0.717, 1.165) is 12.8 Å². The Bertz CT molecular complexity index is 279. The predicted molar refractivity (Wildman–Crippen MR) is 49.7 cm³/mol. The third kappa shape index (κ3) is 1.56. The Morgan fingerprint density at radius 1 is 1.17 bits per heavy atom. The zero-order chi connectivity index (χ0) is 8.39. The van der Waals surface area contributed by atoms with Crippen LogP contribution < -0.4 is 0 Å². The maximum Gasteiger partial charge on any atom is 0.0614 e. The van der Waals surface area contributed by atoms with E-state index in [9.17, 15) is 0 Å². The topological polar surface area (TPSA) is 20.2 Å². The average Bonchev–Trinajstić information content (AvgIpc) is 2.04. The van der Waals surface area contributed by atoms with Gasteiger partial charge in [0.25, 0.3) is 0 Å². The van der Waals surface area contributed by atoms with Gasteiger partial charge in [-0.05, 0) is 18.4 Å². The Morgan fingerprint density at radius 3 is 2.42 bits per heavy atom. The van der Waals surface area contributed by atoms with Gasteiger partial charge in [0, 0.05) is 0 Å². The van der Waals surface area contributed by atoms with Crippen LogP contribution in [0.1, 0.15) is 18.4 Å². The number of aliphatic hydroxyl groups is 1. The molecule has 0 amide bonds. The molecular formula is C11H12O. The van der Waals surface area contributed by atoms with Crippen LogP contribution in [0.3, 0.4) is 0 Å². The number of hydrogen-bond donors (Lipinski definition) is 1. The highest BCUT2D eigenvalue weighted by molar-refractivity contribution is 5.54. The molecular weight excluding hydrogens is 148 g/mol. The maximum atomic E-state index is 9.06. The van der Waals surface area contributed by atoms with Crippen LogP contribution in [0, 0.1) is 0 Å². The van der Waals surface area contributed by atoms with E-state index in [2.05, 4.69) is 18.2 Å². The van der Waals surface area contributed by atoms with Gasteiger partial charge in [0.2, 0.25) is 0 Å². The van der Waals surface area contributed by atoms with E-state index in [1.807, 2.05) is 18.2 Å². The van der Waals surface area contributed by atoms with Crippen molar-refractivity contribution in [3.8, 4) is 0 Å². The molecule has 1 aliphatic rings. The lowest BCUT2D eigenvalue weighted by Gasteiger charge is -2.23. The summed E-state index contributed by atoms with van der Waals surface area (Å²) in [5.74, 6) is 0. The van der Waals surface area contributed by atoms with Crippen LogP contribution in [-0.2, 0) is 0 Å². The molecule has 12 heavy (non-hydrogen) atoms. The largest absolute Gasteiger partial charge is 0.392 e. The standard InChI is InChI=1S/C11H12O/c12-11-7-10(8-11)6-9-4-2-1-3-5-9/h1-6,11-12H,7-8H2. The summed E-state index contributed by atoms with van der Waals surface area (Å²) in [6.07, 6.45) is 3.79. The first kappa shape index (κ1) is 7.56. The Morgan fingerprint density at radius 2 is 1.83 bits per heavy atom. The molecule has 1 fully saturated rings. The summed E-state index contributed by atoms with van der Waals surface area (Å²) in [7, 11) is 0. The Balaban J connectivity index is 2.09. The van der Waals surface area contributed by atoms with Gasteiger partial charge < -0.3 is 5.11 Å². The molecule has 0 saturated heterocycles. The zero-order valence-corrected chi connectivity index (χ0v) is 6.90. The molecule has 1 aliphatic carbocycles. The molecule has 1 heteroatoms. The van der Waals surface area contributed by atoms with Gasteiger partial charge in [-0.1, -0.05) is 42.0 Å². The normalized spacial score (nSPS) is 21.8. The van der Waals surface area contributed by atoms with Crippen LogP contribution in [0.5, 0.6) is 0 Å². The van der Waals surface area contributed by atoms with Crippen molar-refractivity contribution in [1.82, 2.24) is 0 Å². The SMILES string of the molecule is OC1CC(=Cc2ccccc2)C1. The minimum absolute atomic E-state index is 0.0834. The lowest BCUT2D eigenvalue weighted by atomic mass is 9.88. The minimum Gasteiger partial charge on any atom is -0.392 e. The van der Waals surface area contributed by atoms with Crippen molar-refractivity contribution in [2.75, 3.05) is 0 Å². The lowest BCUT2D eigenvalue weighted by Crippen LogP contribution is -2.19. The van der Waals surface area contributed by atoms with Crippen molar-refractivity contribution in [3.63, 3.8) is 0 Å². The highest BCUT2D eigenvalue weighted by Gasteiger charge is 2.19. The molecule has 1 nitrogen and oxygen atoms in total. The summed E-state index contributed by atoms with van der Waals surface area (Å²) in [4.78, 5) is 0. The van der Waals surface area contributed by atoms with Crippen LogP contribution >= 0.6 is 0 Å². The summed E-state index contributed by atoms with van der Waals surface area (Å²) >= 11 is 0. The second-order valence-corrected chi connectivity index (χ2v) is 3.28. The molecule has 0 radical (unpaired) electrons. The fourth-order valence-electron chi connectivity index (χ4n) is 1.45. The first-order valence-electron chi connectivity index (χ1n) is 4.27. The molecule has 1 aromatic rings. The zero-order valence-electron chi connectivity index (χ0n) is 6.90. The van der Waals surface area contributed by atoms with Gasteiger partial charge >= 0.3 is 0 Å². The van der Waals surface area contributed by atoms with Gasteiger partial charge in [-0.3, -0.25) is 0 Å². The van der Waals surface area contributed by atoms with Gasteiger partial charge in [0.15, 0.2) is 0 Å². The van der Waals surface area contributed by atoms with E-state index >= 15 is 0 Å². The molecule has 0 heterocycles. The maximum absolute atomic E-state index is 9.06. The minimum atomic E-state index is -0.0834. The van der Waals surface area contributed by atoms with Crippen molar-refractivity contribution in [2.24, 2.45) is 0 Å². The van der Waals surface area contributed by atoms with E-state index in [1.54, 1.807) is 0 Å². The first-order chi connectivity index (χ1) is 5.84. The van der Waals surface area contributed by atoms with Crippen molar-refractivity contribution < 1.29 is 5.11 Å². The van der Waals surface area contributed by atoms with Crippen LogP contribution in [0.15, 0.2) is 35.9 Å². The second kappa shape index (κ2) is 3.11. The highest BCUT2D eigenvalue weighted by Crippen LogP contribution is 2.27. The predicted octanol–water partition coefficient (Wildman–Crippen LogP) is 2.22. The van der Waals surface area contributed by atoms with Gasteiger partial charge in [-0.15, -0.1) is 0 Å². The number of benzene rings is 1. The van der Waals surface area contributed by atoms with Gasteiger partial charge in [0.05, 0.1) is 6.10 Å². The van der Waals surface area contributed by atoms with Crippen molar-refractivity contribution in [3.05, 3.63) is 41.5 Å². The Kier molecular flexibility index (Phi) is 1.96. The number of hydrogen-bond acceptors (Lipinski definition) is 1. The number of aliphatic hydroxyl groups excluding tert-OH is 1. The molecule has 0 spiro atoms. The Labute approximate surface area is 72.4 Å². The van der Waals surface area contributed by atoms with Crippen molar-refractivity contribution in [1.29, 1.82) is 0 Å². The smallest absolute Gasteiger partial charge is 0.0614 e. The van der Waals surface area contributed by atoms with Crippen LogP contribution in [0.4, 0.5) is 0 Å². The van der Waals surface area contributed by atoms with E-state index in [4.69, 9.17) is 5.11 Å². The van der Waals surface area contributed by atoms with E-state index in [-0.39, 0.29) is 6.10 Å². The summed E-state index contributed by atoms with van der Waals surface area (Å²) in [6.45, 7) is 0. The lowest BCUT2D eigenvalue weighted by molar-refractivity contribution is 0.137. The fourth-order valence-corrected chi connectivity index (χ4v) is 1.45. The molecule has 0 aromatic heterocycles. The fraction of sp³-hybridized carbons (Fsp3) is 0.273. The van der Waals surface area contributed by atoms with E-state index in [0.29, 0.717) is 0 Å². The van der Waals surface area contributed by atoms with E-state index < -0.39 is 0 Å². The summed E-state index contributed by atoms with van der Waals surface area (Å²) in [5, 5.41) is 9.06. The Hall–Kier alpha value is -1.08. The molecule has 1 saturated carbocycles. The van der Waals surface area contributed by atoms with Gasteiger partial charge in [0.1, 0.15) is 0 Å². The van der Waals surface area contributed by atoms with Gasteiger partial charge in [-0.2, -0.15) is 0 Å². The number of rotatable bonds is 1. The summed E-state index contributed by atoms with van der Waals surface area (Å²) < 4.78 is 0. The average molecular weight is 160 g/mol. The molecule has 62 valence electrons. The molecule has 0 unspecified atom stereocenters. The molecule has 2 rings (SSSR count). The van der Waals surface area contributed by atoms with Crippen molar-refractivity contribution >= 4 is 6.08 Å². The van der Waals surface area contributed by atoms with Crippen LogP contribution in [0.2, 0.25) is 0 Å². The van der Waals surface area contributed by atoms with E-state index in [1.165, 1.54) is 11.1 Å². The van der Waals surface area contributed by atoms with Crippen LogP contribution in [0.25, 0.3) is 6.08 Å². The van der Waals surface area contributed by atoms with Gasteiger partial charge in [-0.25, -0.2) is 0 Å². The van der Waals surface area contributed by atoms with Crippen LogP contribution in [-0.4, -0.2) is 11.2 Å². The molecule has 1 aromatic carbocycles.